The minimum absolute atomic E-state index is 0.588. The van der Waals surface area contributed by atoms with Crippen LogP contribution in [-0.4, -0.2) is 31.3 Å². The van der Waals surface area contributed by atoms with E-state index in [-0.39, 0.29) is 0 Å². The molecule has 0 bridgehead atoms. The minimum Gasteiger partial charge on any atom is -0.486 e. The lowest BCUT2D eigenvalue weighted by Gasteiger charge is -2.24. The molecule has 160 valence electrons. The number of hydrazine groups is 1. The highest BCUT2D eigenvalue weighted by Crippen LogP contribution is 2.31. The van der Waals surface area contributed by atoms with Crippen LogP contribution in [-0.2, 0) is 13.0 Å². The van der Waals surface area contributed by atoms with Gasteiger partial charge in [-0.3, -0.25) is 5.43 Å². The van der Waals surface area contributed by atoms with E-state index in [0.29, 0.717) is 19.8 Å². The number of hydrogen-bond donors (Lipinski definition) is 2. The number of nitrogens with one attached hydrogen (secondary N) is 1. The summed E-state index contributed by atoms with van der Waals surface area (Å²) < 4.78 is 11.3. The van der Waals surface area contributed by atoms with Gasteiger partial charge >= 0.3 is 0 Å². The van der Waals surface area contributed by atoms with E-state index >= 15 is 0 Å². The van der Waals surface area contributed by atoms with Crippen molar-refractivity contribution in [1.82, 2.24) is 10.4 Å². The molecule has 0 amide bonds. The molecule has 0 spiro atoms. The van der Waals surface area contributed by atoms with Gasteiger partial charge in [0.05, 0.1) is 0 Å². The van der Waals surface area contributed by atoms with Crippen molar-refractivity contribution < 1.29 is 9.47 Å². The standard InChI is InChI=1S/C26H28N2O2S/c31-24(17-23-11-12-25-26(18-23)30-16-15-29-25)20-28(14-13-21-7-3-1-4-8-21)27-19-22-9-5-2-6-10-22/h1-12,17-18,27,31H,13-16,19-20H2/b24-17-. The molecule has 1 aliphatic heterocycles. The van der Waals surface area contributed by atoms with Crippen LogP contribution in [0.15, 0.2) is 83.8 Å². The number of ether oxygens (including phenoxy) is 2. The second-order valence-electron chi connectivity index (χ2n) is 7.52. The second kappa shape index (κ2) is 11.0. The highest BCUT2D eigenvalue weighted by atomic mass is 32.1. The lowest BCUT2D eigenvalue weighted by atomic mass is 10.1. The molecule has 4 rings (SSSR count). The summed E-state index contributed by atoms with van der Waals surface area (Å²) in [4.78, 5) is 0.977. The van der Waals surface area contributed by atoms with Gasteiger partial charge < -0.3 is 9.47 Å². The lowest BCUT2D eigenvalue weighted by Crippen LogP contribution is -2.39. The van der Waals surface area contributed by atoms with Gasteiger partial charge in [-0.05, 0) is 46.2 Å². The quantitative estimate of drug-likeness (QED) is 0.369. The van der Waals surface area contributed by atoms with Crippen LogP contribution in [0, 0.1) is 0 Å². The monoisotopic (exact) mass is 432 g/mol. The number of thiol groups is 1. The van der Waals surface area contributed by atoms with Gasteiger partial charge in [0.25, 0.3) is 0 Å². The average Bonchev–Trinajstić information content (AvgIpc) is 2.82. The molecule has 0 saturated carbocycles. The largest absolute Gasteiger partial charge is 0.486 e. The predicted octanol–water partition coefficient (Wildman–Crippen LogP) is 4.98. The van der Waals surface area contributed by atoms with Crippen LogP contribution in [0.5, 0.6) is 11.5 Å². The number of benzene rings is 3. The summed E-state index contributed by atoms with van der Waals surface area (Å²) >= 11 is 4.77. The van der Waals surface area contributed by atoms with Gasteiger partial charge in [-0.15, -0.1) is 12.6 Å². The number of fused-ring (bicyclic) bond motifs is 1. The van der Waals surface area contributed by atoms with E-state index in [2.05, 4.69) is 71.1 Å². The fourth-order valence-electron chi connectivity index (χ4n) is 3.51. The van der Waals surface area contributed by atoms with Crippen LogP contribution in [0.2, 0.25) is 0 Å². The zero-order valence-corrected chi connectivity index (χ0v) is 18.4. The van der Waals surface area contributed by atoms with Gasteiger partial charge in [-0.25, -0.2) is 5.01 Å². The van der Waals surface area contributed by atoms with Crippen molar-refractivity contribution in [3.05, 3.63) is 100 Å². The summed E-state index contributed by atoms with van der Waals surface area (Å²) in [5.41, 5.74) is 7.21. The van der Waals surface area contributed by atoms with Crippen LogP contribution >= 0.6 is 12.6 Å². The molecule has 0 aliphatic carbocycles. The third-order valence-corrected chi connectivity index (χ3v) is 5.39. The van der Waals surface area contributed by atoms with Gasteiger partial charge in [0.1, 0.15) is 13.2 Å². The Morgan fingerprint density at radius 2 is 1.55 bits per heavy atom. The second-order valence-corrected chi connectivity index (χ2v) is 8.09. The zero-order chi connectivity index (χ0) is 21.3. The molecule has 3 aromatic carbocycles. The Kier molecular flexibility index (Phi) is 7.66. The zero-order valence-electron chi connectivity index (χ0n) is 17.5. The molecule has 0 radical (unpaired) electrons. The number of nitrogens with zero attached hydrogens (tertiary/aromatic N) is 1. The van der Waals surface area contributed by atoms with Crippen LogP contribution < -0.4 is 14.9 Å². The maximum Gasteiger partial charge on any atom is 0.161 e. The summed E-state index contributed by atoms with van der Waals surface area (Å²) in [5, 5.41) is 2.23. The molecule has 1 N–H and O–H groups in total. The molecule has 0 aromatic heterocycles. The molecule has 31 heavy (non-hydrogen) atoms. The van der Waals surface area contributed by atoms with Crippen LogP contribution in [0.1, 0.15) is 16.7 Å². The summed E-state index contributed by atoms with van der Waals surface area (Å²) in [6.45, 7) is 3.56. The van der Waals surface area contributed by atoms with Crippen molar-refractivity contribution in [2.24, 2.45) is 0 Å². The first-order chi connectivity index (χ1) is 15.3. The van der Waals surface area contributed by atoms with E-state index in [4.69, 9.17) is 22.1 Å². The average molecular weight is 433 g/mol. The third-order valence-electron chi connectivity index (χ3n) is 5.12. The van der Waals surface area contributed by atoms with Gasteiger partial charge in [0, 0.05) is 19.6 Å². The summed E-state index contributed by atoms with van der Waals surface area (Å²) in [7, 11) is 0. The number of hydrogen-bond acceptors (Lipinski definition) is 5. The predicted molar refractivity (Wildman–Crippen MR) is 129 cm³/mol. The van der Waals surface area contributed by atoms with Crippen LogP contribution in [0.3, 0.4) is 0 Å². The van der Waals surface area contributed by atoms with E-state index in [0.717, 1.165) is 41.5 Å². The highest BCUT2D eigenvalue weighted by Gasteiger charge is 2.12. The molecule has 0 saturated heterocycles. The van der Waals surface area contributed by atoms with Crippen molar-refractivity contribution in [2.45, 2.75) is 13.0 Å². The van der Waals surface area contributed by atoms with Gasteiger partial charge in [0.15, 0.2) is 11.5 Å². The Bertz CT molecular complexity index is 949. The van der Waals surface area contributed by atoms with Crippen molar-refractivity contribution >= 4 is 18.7 Å². The molecular formula is C26H28N2O2S. The molecule has 5 heteroatoms. The summed E-state index contributed by atoms with van der Waals surface area (Å²) in [5.74, 6) is 1.60. The Hall–Kier alpha value is -2.73. The third kappa shape index (κ3) is 6.62. The van der Waals surface area contributed by atoms with Crippen molar-refractivity contribution in [2.75, 3.05) is 26.3 Å². The van der Waals surface area contributed by atoms with E-state index in [1.807, 2.05) is 24.3 Å². The lowest BCUT2D eigenvalue weighted by molar-refractivity contribution is 0.171. The maximum absolute atomic E-state index is 5.70. The normalized spacial score (nSPS) is 13.4. The molecule has 0 unspecified atom stereocenters. The molecule has 4 nitrogen and oxygen atoms in total. The Balaban J connectivity index is 1.42. The topological polar surface area (TPSA) is 33.7 Å². The fourth-order valence-corrected chi connectivity index (χ4v) is 3.82. The highest BCUT2D eigenvalue weighted by molar-refractivity contribution is 7.84. The molecule has 3 aromatic rings. The van der Waals surface area contributed by atoms with E-state index in [1.54, 1.807) is 0 Å². The first-order valence-corrected chi connectivity index (χ1v) is 11.1. The molecule has 1 heterocycles. The molecule has 1 aliphatic rings. The first-order valence-electron chi connectivity index (χ1n) is 10.6. The van der Waals surface area contributed by atoms with Crippen molar-refractivity contribution in [3.63, 3.8) is 0 Å². The minimum atomic E-state index is 0.588. The van der Waals surface area contributed by atoms with Gasteiger partial charge in [-0.2, -0.15) is 0 Å². The van der Waals surface area contributed by atoms with Crippen LogP contribution in [0.25, 0.3) is 6.08 Å². The smallest absolute Gasteiger partial charge is 0.161 e. The van der Waals surface area contributed by atoms with Crippen molar-refractivity contribution in [3.8, 4) is 11.5 Å². The molecule has 0 atom stereocenters. The SMILES string of the molecule is S/C(=C\c1ccc2c(c1)OCCO2)CN(CCc1ccccc1)NCc1ccccc1. The fraction of sp³-hybridized carbons (Fsp3) is 0.231. The Labute approximate surface area is 189 Å². The summed E-state index contributed by atoms with van der Waals surface area (Å²) in [6.07, 6.45) is 3.05. The number of rotatable bonds is 9. The molecular weight excluding hydrogens is 404 g/mol. The first kappa shape index (κ1) is 21.5. The van der Waals surface area contributed by atoms with Gasteiger partial charge in [0.2, 0.25) is 0 Å². The molecule has 0 fully saturated rings. The van der Waals surface area contributed by atoms with E-state index in [1.165, 1.54) is 11.1 Å². The van der Waals surface area contributed by atoms with E-state index in [9.17, 15) is 0 Å². The van der Waals surface area contributed by atoms with Gasteiger partial charge in [-0.1, -0.05) is 66.7 Å². The van der Waals surface area contributed by atoms with Crippen molar-refractivity contribution in [1.29, 1.82) is 0 Å². The van der Waals surface area contributed by atoms with E-state index < -0.39 is 0 Å². The Morgan fingerprint density at radius 3 is 2.29 bits per heavy atom. The Morgan fingerprint density at radius 1 is 0.871 bits per heavy atom. The van der Waals surface area contributed by atoms with Crippen LogP contribution in [0.4, 0.5) is 0 Å². The summed E-state index contributed by atoms with van der Waals surface area (Å²) in [6, 6.07) is 27.0. The maximum atomic E-state index is 5.70.